The molecule has 2 aromatic rings. The highest BCUT2D eigenvalue weighted by atomic mass is 32.2. The van der Waals surface area contributed by atoms with Gasteiger partial charge in [-0.15, -0.1) is 10.2 Å². The van der Waals surface area contributed by atoms with Crippen LogP contribution in [0.2, 0.25) is 0 Å². The molecule has 1 aromatic heterocycles. The number of benzene rings is 1. The highest BCUT2D eigenvalue weighted by Crippen LogP contribution is 2.26. The fourth-order valence-electron chi connectivity index (χ4n) is 3.46. The van der Waals surface area contributed by atoms with E-state index in [9.17, 15) is 13.2 Å². The standard InChI is InChI=1S/C19H25N5O4S3/c25-17(13-29-19-23-22-18(30-19)20-12-15-4-3-11-28-15)21-14-5-7-16(8-6-14)31(26,27)24-9-1-2-10-24/h5-8,15H,1-4,9-13H2,(H,20,22)(H,21,25)/t15-/m1/s1. The molecule has 3 heterocycles. The summed E-state index contributed by atoms with van der Waals surface area (Å²) >= 11 is 2.71. The highest BCUT2D eigenvalue weighted by Gasteiger charge is 2.27. The van der Waals surface area contributed by atoms with Gasteiger partial charge in [0.1, 0.15) is 0 Å². The van der Waals surface area contributed by atoms with Gasteiger partial charge in [-0.25, -0.2) is 8.42 Å². The van der Waals surface area contributed by atoms with Gasteiger partial charge >= 0.3 is 0 Å². The van der Waals surface area contributed by atoms with Crippen molar-refractivity contribution in [2.24, 2.45) is 0 Å². The number of thioether (sulfide) groups is 1. The van der Waals surface area contributed by atoms with Gasteiger partial charge < -0.3 is 15.4 Å². The van der Waals surface area contributed by atoms with E-state index in [0.29, 0.717) is 34.8 Å². The average Bonchev–Trinajstić information content (AvgIpc) is 3.54. The quantitative estimate of drug-likeness (QED) is 0.524. The van der Waals surface area contributed by atoms with Gasteiger partial charge in [-0.05, 0) is 49.9 Å². The van der Waals surface area contributed by atoms with Crippen LogP contribution in [0.4, 0.5) is 10.8 Å². The molecule has 2 saturated heterocycles. The number of carbonyl (C=O) groups excluding carboxylic acids is 1. The maximum Gasteiger partial charge on any atom is 0.243 e. The Balaban J connectivity index is 1.23. The van der Waals surface area contributed by atoms with E-state index in [1.807, 2.05) is 0 Å². The van der Waals surface area contributed by atoms with Crippen molar-refractivity contribution in [3.05, 3.63) is 24.3 Å². The van der Waals surface area contributed by atoms with Crippen LogP contribution in [0, 0.1) is 0 Å². The van der Waals surface area contributed by atoms with Gasteiger partial charge in [-0.1, -0.05) is 23.1 Å². The van der Waals surface area contributed by atoms with Crippen molar-refractivity contribution in [3.63, 3.8) is 0 Å². The first kappa shape index (κ1) is 22.5. The molecule has 168 valence electrons. The number of sulfonamides is 1. The Labute approximate surface area is 190 Å². The molecule has 0 bridgehead atoms. The van der Waals surface area contributed by atoms with Crippen molar-refractivity contribution in [1.29, 1.82) is 0 Å². The van der Waals surface area contributed by atoms with Crippen LogP contribution in [0.1, 0.15) is 25.7 Å². The third-order valence-electron chi connectivity index (χ3n) is 5.08. The summed E-state index contributed by atoms with van der Waals surface area (Å²) in [5.41, 5.74) is 0.558. The zero-order valence-electron chi connectivity index (χ0n) is 17.0. The second kappa shape index (κ2) is 10.3. The lowest BCUT2D eigenvalue weighted by Crippen LogP contribution is -2.27. The molecule has 0 spiro atoms. The summed E-state index contributed by atoms with van der Waals surface area (Å²) in [6.45, 7) is 2.66. The first-order valence-corrected chi connectivity index (χ1v) is 13.5. The molecule has 2 N–H and O–H groups in total. The molecule has 2 aliphatic rings. The smallest absolute Gasteiger partial charge is 0.243 e. The molecular weight excluding hydrogens is 458 g/mol. The molecule has 1 aromatic carbocycles. The Morgan fingerprint density at radius 1 is 1.19 bits per heavy atom. The fourth-order valence-corrected chi connectivity index (χ4v) is 6.53. The van der Waals surface area contributed by atoms with Crippen LogP contribution in [0.3, 0.4) is 0 Å². The van der Waals surface area contributed by atoms with Crippen molar-refractivity contribution in [1.82, 2.24) is 14.5 Å². The van der Waals surface area contributed by atoms with Gasteiger partial charge in [0.2, 0.25) is 21.1 Å². The number of aromatic nitrogens is 2. The summed E-state index contributed by atoms with van der Waals surface area (Å²) in [5, 5.41) is 14.9. The fraction of sp³-hybridized carbons (Fsp3) is 0.526. The van der Waals surface area contributed by atoms with Crippen molar-refractivity contribution in [2.45, 2.75) is 41.0 Å². The van der Waals surface area contributed by atoms with Crippen LogP contribution in [0.25, 0.3) is 0 Å². The van der Waals surface area contributed by atoms with E-state index in [1.165, 1.54) is 39.5 Å². The zero-order chi connectivity index (χ0) is 21.7. The average molecular weight is 484 g/mol. The molecule has 4 rings (SSSR count). The van der Waals surface area contributed by atoms with Crippen LogP contribution in [0.15, 0.2) is 33.5 Å². The number of rotatable bonds is 9. The number of amides is 1. The molecule has 9 nitrogen and oxygen atoms in total. The van der Waals surface area contributed by atoms with E-state index in [4.69, 9.17) is 4.74 Å². The van der Waals surface area contributed by atoms with Crippen LogP contribution >= 0.6 is 23.1 Å². The lowest BCUT2D eigenvalue weighted by molar-refractivity contribution is -0.113. The number of hydrogen-bond acceptors (Lipinski definition) is 9. The minimum atomic E-state index is -3.45. The maximum atomic E-state index is 12.6. The van der Waals surface area contributed by atoms with E-state index in [2.05, 4.69) is 20.8 Å². The van der Waals surface area contributed by atoms with Crippen LogP contribution in [0.5, 0.6) is 0 Å². The molecule has 0 saturated carbocycles. The van der Waals surface area contributed by atoms with Crippen LogP contribution in [-0.2, 0) is 19.6 Å². The van der Waals surface area contributed by atoms with Crippen molar-refractivity contribution >= 4 is 49.8 Å². The van der Waals surface area contributed by atoms with Gasteiger partial charge in [0.05, 0.1) is 16.8 Å². The zero-order valence-corrected chi connectivity index (χ0v) is 19.4. The summed E-state index contributed by atoms with van der Waals surface area (Å²) in [5.74, 6) is -0.00185. The van der Waals surface area contributed by atoms with Crippen molar-refractivity contribution in [2.75, 3.05) is 42.6 Å². The molecule has 12 heteroatoms. The third-order valence-corrected chi connectivity index (χ3v) is 9.01. The number of nitrogens with one attached hydrogen (secondary N) is 2. The lowest BCUT2D eigenvalue weighted by atomic mass is 10.2. The Hall–Kier alpha value is -1.73. The van der Waals surface area contributed by atoms with Crippen molar-refractivity contribution in [3.8, 4) is 0 Å². The molecule has 0 radical (unpaired) electrons. The molecule has 1 amide bonds. The largest absolute Gasteiger partial charge is 0.376 e. The van der Waals surface area contributed by atoms with Gasteiger partial charge in [-0.2, -0.15) is 4.31 Å². The summed E-state index contributed by atoms with van der Waals surface area (Å²) in [6, 6.07) is 6.30. The van der Waals surface area contributed by atoms with E-state index < -0.39 is 10.0 Å². The molecule has 1 atom stereocenters. The minimum Gasteiger partial charge on any atom is -0.376 e. The monoisotopic (exact) mass is 483 g/mol. The molecular formula is C19H25N5O4S3. The van der Waals surface area contributed by atoms with E-state index in [1.54, 1.807) is 12.1 Å². The number of nitrogens with zero attached hydrogens (tertiary/aromatic N) is 3. The normalized spacial score (nSPS) is 19.5. The molecule has 2 aliphatic heterocycles. The highest BCUT2D eigenvalue weighted by molar-refractivity contribution is 8.01. The predicted octanol–water partition coefficient (Wildman–Crippen LogP) is 2.64. The summed E-state index contributed by atoms with van der Waals surface area (Å²) in [7, 11) is -3.45. The molecule has 2 fully saturated rings. The van der Waals surface area contributed by atoms with Gasteiger partial charge in [0.25, 0.3) is 0 Å². The number of ether oxygens (including phenoxy) is 1. The first-order valence-electron chi connectivity index (χ1n) is 10.2. The van der Waals surface area contributed by atoms with Crippen molar-refractivity contribution < 1.29 is 17.9 Å². The number of anilines is 2. The first-order chi connectivity index (χ1) is 15.0. The second-order valence-corrected chi connectivity index (χ2v) is 11.5. The third kappa shape index (κ3) is 5.95. The predicted molar refractivity (Wildman–Crippen MR) is 121 cm³/mol. The number of carbonyl (C=O) groups is 1. The summed E-state index contributed by atoms with van der Waals surface area (Å²) in [6.07, 6.45) is 4.16. The van der Waals surface area contributed by atoms with E-state index in [-0.39, 0.29) is 22.7 Å². The Bertz CT molecular complexity index is 984. The van der Waals surface area contributed by atoms with E-state index in [0.717, 1.165) is 32.3 Å². The second-order valence-electron chi connectivity index (χ2n) is 7.36. The van der Waals surface area contributed by atoms with Gasteiger partial charge in [0, 0.05) is 31.9 Å². The van der Waals surface area contributed by atoms with Gasteiger partial charge in [0.15, 0.2) is 4.34 Å². The Morgan fingerprint density at radius 3 is 2.68 bits per heavy atom. The van der Waals surface area contributed by atoms with Crippen LogP contribution < -0.4 is 10.6 Å². The summed E-state index contributed by atoms with van der Waals surface area (Å²) < 4.78 is 32.9. The molecule has 0 aliphatic carbocycles. The Morgan fingerprint density at radius 2 is 1.97 bits per heavy atom. The number of hydrogen-bond donors (Lipinski definition) is 2. The molecule has 31 heavy (non-hydrogen) atoms. The Kier molecular flexibility index (Phi) is 7.43. The van der Waals surface area contributed by atoms with Gasteiger partial charge in [-0.3, -0.25) is 4.79 Å². The maximum absolute atomic E-state index is 12.6. The lowest BCUT2D eigenvalue weighted by Gasteiger charge is -2.15. The molecule has 0 unspecified atom stereocenters. The van der Waals surface area contributed by atoms with Crippen LogP contribution in [-0.4, -0.2) is 66.9 Å². The topological polar surface area (TPSA) is 114 Å². The summed E-state index contributed by atoms with van der Waals surface area (Å²) in [4.78, 5) is 12.5. The van der Waals surface area contributed by atoms with E-state index >= 15 is 0 Å². The SMILES string of the molecule is O=C(CSc1nnc(NC[C@H]2CCCO2)s1)Nc1ccc(S(=O)(=O)N2CCCC2)cc1. The minimum absolute atomic E-state index is 0.189.